The van der Waals surface area contributed by atoms with Gasteiger partial charge in [0.25, 0.3) is 0 Å². The molecule has 1 fully saturated rings. The normalized spacial score (nSPS) is 15.5. The minimum Gasteiger partial charge on any atom is -0.359 e. The summed E-state index contributed by atoms with van der Waals surface area (Å²) < 4.78 is 0. The van der Waals surface area contributed by atoms with Crippen molar-refractivity contribution in [2.45, 2.75) is 33.1 Å². The molecule has 162 valence electrons. The lowest BCUT2D eigenvalue weighted by Gasteiger charge is -2.39. The lowest BCUT2D eigenvalue weighted by Crippen LogP contribution is -2.47. The summed E-state index contributed by atoms with van der Waals surface area (Å²) in [7, 11) is 1.73. The van der Waals surface area contributed by atoms with E-state index in [1.807, 2.05) is 43.5 Å². The van der Waals surface area contributed by atoms with E-state index in [2.05, 4.69) is 32.4 Å². The van der Waals surface area contributed by atoms with Crippen LogP contribution in [0.2, 0.25) is 0 Å². The Morgan fingerprint density at radius 1 is 1.19 bits per heavy atom. The molecule has 8 heteroatoms. The van der Waals surface area contributed by atoms with Crippen molar-refractivity contribution in [1.82, 2.24) is 20.3 Å². The van der Waals surface area contributed by atoms with Crippen LogP contribution in [0.3, 0.4) is 0 Å². The molecular formula is C23H28N6OS. The molecule has 1 amide bonds. The fourth-order valence-electron chi connectivity index (χ4n) is 4.04. The van der Waals surface area contributed by atoms with Gasteiger partial charge in [-0.05, 0) is 56.0 Å². The molecule has 4 heterocycles. The van der Waals surface area contributed by atoms with Crippen LogP contribution in [0.15, 0.2) is 42.7 Å². The average Bonchev–Trinajstić information content (AvgIpc) is 3.29. The van der Waals surface area contributed by atoms with Gasteiger partial charge in [0.05, 0.1) is 16.0 Å². The smallest absolute Gasteiger partial charge is 0.226 e. The zero-order valence-electron chi connectivity index (χ0n) is 18.2. The predicted octanol–water partition coefficient (Wildman–Crippen LogP) is 4.39. The highest BCUT2D eigenvalue weighted by Crippen LogP contribution is 2.38. The first-order chi connectivity index (χ1) is 15.0. The number of hydrogen-bond acceptors (Lipinski definition) is 7. The van der Waals surface area contributed by atoms with Crippen LogP contribution in [0.4, 0.5) is 16.8 Å². The first kappa shape index (κ1) is 21.2. The lowest BCUT2D eigenvalue weighted by molar-refractivity contribution is -0.132. The fourth-order valence-corrected chi connectivity index (χ4v) is 4.98. The summed E-state index contributed by atoms with van der Waals surface area (Å²) in [6, 6.07) is 9.87. The predicted molar refractivity (Wildman–Crippen MR) is 126 cm³/mol. The van der Waals surface area contributed by atoms with E-state index in [4.69, 9.17) is 4.98 Å². The summed E-state index contributed by atoms with van der Waals surface area (Å²) in [5.74, 6) is 1.69. The van der Waals surface area contributed by atoms with Gasteiger partial charge in [-0.15, -0.1) is 0 Å². The Morgan fingerprint density at radius 3 is 2.71 bits per heavy atom. The lowest BCUT2D eigenvalue weighted by atomic mass is 9.75. The Bertz CT molecular complexity index is 1060. The second-order valence-electron chi connectivity index (χ2n) is 7.96. The molecule has 0 unspecified atom stereocenters. The van der Waals surface area contributed by atoms with Crippen LogP contribution < -0.4 is 15.5 Å². The third-order valence-electron chi connectivity index (χ3n) is 6.04. The van der Waals surface area contributed by atoms with Gasteiger partial charge in [-0.25, -0.2) is 15.0 Å². The number of aryl methyl sites for hydroxylation is 1. The topological polar surface area (TPSA) is 83.0 Å². The van der Waals surface area contributed by atoms with E-state index in [9.17, 15) is 4.79 Å². The molecule has 0 spiro atoms. The van der Waals surface area contributed by atoms with Crippen LogP contribution in [0.1, 0.15) is 31.7 Å². The number of carbonyl (C=O) groups excluding carboxylic acids is 1. The highest BCUT2D eigenvalue weighted by molar-refractivity contribution is 7.18. The van der Waals surface area contributed by atoms with Crippen molar-refractivity contribution in [3.8, 4) is 10.6 Å². The molecule has 3 aromatic rings. The zero-order chi connectivity index (χ0) is 21.8. The van der Waals surface area contributed by atoms with Crippen molar-refractivity contribution in [3.63, 3.8) is 0 Å². The number of thiazole rings is 1. The minimum atomic E-state index is -0.253. The highest BCUT2D eigenvalue weighted by atomic mass is 32.1. The van der Waals surface area contributed by atoms with Crippen LogP contribution in [-0.4, -0.2) is 41.0 Å². The third kappa shape index (κ3) is 4.54. The SMILES string of the molecule is CCC1(C(=O)NC)CCN(c2ncc(-c3cccc(Nc4cc(C)ccn4)n3)s2)CC1. The number of piperidine rings is 1. The van der Waals surface area contributed by atoms with Crippen LogP contribution in [0.25, 0.3) is 10.6 Å². The van der Waals surface area contributed by atoms with Crippen LogP contribution in [0, 0.1) is 12.3 Å². The van der Waals surface area contributed by atoms with Gasteiger partial charge in [0, 0.05) is 32.5 Å². The molecule has 2 N–H and O–H groups in total. The van der Waals surface area contributed by atoms with Crippen LogP contribution in [-0.2, 0) is 4.79 Å². The Balaban J connectivity index is 1.46. The Morgan fingerprint density at radius 2 is 2.00 bits per heavy atom. The summed E-state index contributed by atoms with van der Waals surface area (Å²) in [5.41, 5.74) is 1.77. The summed E-state index contributed by atoms with van der Waals surface area (Å²) in [6.07, 6.45) is 6.23. The molecule has 1 aliphatic rings. The minimum absolute atomic E-state index is 0.158. The van der Waals surface area contributed by atoms with Gasteiger partial charge in [-0.2, -0.15) is 0 Å². The van der Waals surface area contributed by atoms with Gasteiger partial charge in [-0.3, -0.25) is 4.79 Å². The number of anilines is 3. The van der Waals surface area contributed by atoms with Crippen molar-refractivity contribution in [2.24, 2.45) is 5.41 Å². The van der Waals surface area contributed by atoms with E-state index in [0.29, 0.717) is 0 Å². The highest BCUT2D eigenvalue weighted by Gasteiger charge is 2.39. The van der Waals surface area contributed by atoms with Crippen LogP contribution >= 0.6 is 11.3 Å². The molecule has 4 rings (SSSR count). The van der Waals surface area contributed by atoms with Gasteiger partial charge in [0.15, 0.2) is 5.13 Å². The number of aromatic nitrogens is 3. The second kappa shape index (κ2) is 9.01. The van der Waals surface area contributed by atoms with Crippen molar-refractivity contribution in [1.29, 1.82) is 0 Å². The number of carbonyl (C=O) groups is 1. The first-order valence-corrected chi connectivity index (χ1v) is 11.4. The summed E-state index contributed by atoms with van der Waals surface area (Å²) in [6.45, 7) is 5.81. The van der Waals surface area contributed by atoms with Gasteiger partial charge in [-0.1, -0.05) is 24.3 Å². The monoisotopic (exact) mass is 436 g/mol. The Kier molecular flexibility index (Phi) is 6.18. The molecule has 0 saturated carbocycles. The molecule has 7 nitrogen and oxygen atoms in total. The number of pyridine rings is 2. The second-order valence-corrected chi connectivity index (χ2v) is 8.97. The number of amides is 1. The summed E-state index contributed by atoms with van der Waals surface area (Å²) >= 11 is 1.64. The Labute approximate surface area is 187 Å². The van der Waals surface area contributed by atoms with Gasteiger partial charge < -0.3 is 15.5 Å². The maximum Gasteiger partial charge on any atom is 0.226 e. The quantitative estimate of drug-likeness (QED) is 0.596. The first-order valence-electron chi connectivity index (χ1n) is 10.6. The maximum absolute atomic E-state index is 12.4. The molecule has 0 aromatic carbocycles. The fraction of sp³-hybridized carbons (Fsp3) is 0.391. The largest absolute Gasteiger partial charge is 0.359 e. The third-order valence-corrected chi connectivity index (χ3v) is 7.12. The van der Waals surface area contributed by atoms with E-state index in [-0.39, 0.29) is 11.3 Å². The molecule has 0 atom stereocenters. The van der Waals surface area contributed by atoms with E-state index < -0.39 is 0 Å². The van der Waals surface area contributed by atoms with E-state index in [1.54, 1.807) is 24.6 Å². The number of rotatable bonds is 6. The molecule has 31 heavy (non-hydrogen) atoms. The van der Waals surface area contributed by atoms with E-state index >= 15 is 0 Å². The molecule has 0 aliphatic carbocycles. The molecule has 1 aliphatic heterocycles. The standard InChI is InChI=1S/C23H28N6OS/c1-4-23(21(30)24-3)9-12-29(13-10-23)22-26-15-18(31-22)17-6-5-7-19(27-17)28-20-14-16(2)8-11-25-20/h5-8,11,14-15H,4,9-10,12-13H2,1-3H3,(H,24,30)(H,25,27,28). The molecular weight excluding hydrogens is 408 g/mol. The molecule has 0 bridgehead atoms. The van der Waals surface area contributed by atoms with Gasteiger partial charge in [0.2, 0.25) is 5.91 Å². The van der Waals surface area contributed by atoms with Gasteiger partial charge >= 0.3 is 0 Å². The van der Waals surface area contributed by atoms with E-state index in [0.717, 1.165) is 65.3 Å². The van der Waals surface area contributed by atoms with Gasteiger partial charge in [0.1, 0.15) is 11.6 Å². The van der Waals surface area contributed by atoms with Crippen molar-refractivity contribution >= 4 is 34.0 Å². The average molecular weight is 437 g/mol. The summed E-state index contributed by atoms with van der Waals surface area (Å²) in [5, 5.41) is 7.10. The van der Waals surface area contributed by atoms with E-state index in [1.165, 1.54) is 0 Å². The number of nitrogens with zero attached hydrogens (tertiary/aromatic N) is 4. The zero-order valence-corrected chi connectivity index (χ0v) is 19.0. The Hall–Kier alpha value is -3.00. The molecule has 1 saturated heterocycles. The maximum atomic E-state index is 12.4. The molecule has 3 aromatic heterocycles. The summed E-state index contributed by atoms with van der Waals surface area (Å²) in [4.78, 5) is 29.4. The van der Waals surface area contributed by atoms with Crippen LogP contribution in [0.5, 0.6) is 0 Å². The number of nitrogens with one attached hydrogen (secondary N) is 2. The van der Waals surface area contributed by atoms with Crippen molar-refractivity contribution in [3.05, 3.63) is 48.3 Å². The number of hydrogen-bond donors (Lipinski definition) is 2. The molecule has 0 radical (unpaired) electrons. The van der Waals surface area contributed by atoms with Crippen molar-refractivity contribution < 1.29 is 4.79 Å². The van der Waals surface area contributed by atoms with Crippen molar-refractivity contribution in [2.75, 3.05) is 30.4 Å².